The van der Waals surface area contributed by atoms with Gasteiger partial charge in [0.2, 0.25) is 16.7 Å². The topological polar surface area (TPSA) is 85.3 Å². The van der Waals surface area contributed by atoms with E-state index in [1.54, 1.807) is 18.4 Å². The van der Waals surface area contributed by atoms with Gasteiger partial charge >= 0.3 is 0 Å². The highest BCUT2D eigenvalue weighted by Gasteiger charge is 2.42. The van der Waals surface area contributed by atoms with Gasteiger partial charge < -0.3 is 19.0 Å². The lowest BCUT2D eigenvalue weighted by atomic mass is 9.97. The summed E-state index contributed by atoms with van der Waals surface area (Å²) in [7, 11) is 0. The molecule has 0 unspecified atom stereocenters. The molecule has 166 valence electrons. The minimum atomic E-state index is -0.479. The van der Waals surface area contributed by atoms with E-state index >= 15 is 0 Å². The van der Waals surface area contributed by atoms with E-state index < -0.39 is 5.79 Å². The fraction of sp³-hybridized carbons (Fsp3) is 0.364. The van der Waals surface area contributed by atoms with Crippen LogP contribution >= 0.6 is 22.9 Å². The lowest BCUT2D eigenvalue weighted by Crippen LogP contribution is -2.46. The maximum atomic E-state index is 11.2. The van der Waals surface area contributed by atoms with Crippen LogP contribution in [-0.4, -0.2) is 56.7 Å². The average molecular weight is 473 g/mol. The highest BCUT2D eigenvalue weighted by Crippen LogP contribution is 2.44. The zero-order valence-electron chi connectivity index (χ0n) is 17.1. The normalized spacial score (nSPS) is 19.8. The number of likely N-dealkylation sites (tertiary alicyclic amines) is 1. The second-order valence-electron chi connectivity index (χ2n) is 7.96. The molecule has 8 nitrogen and oxygen atoms in total. The van der Waals surface area contributed by atoms with E-state index in [2.05, 4.69) is 15.0 Å². The molecule has 32 heavy (non-hydrogen) atoms. The van der Waals surface area contributed by atoms with Gasteiger partial charge in [-0.15, -0.1) is 5.10 Å². The third-order valence-corrected chi connectivity index (χ3v) is 7.54. The molecular weight excluding hydrogens is 452 g/mol. The van der Waals surface area contributed by atoms with Crippen LogP contribution in [0.1, 0.15) is 29.3 Å². The SMILES string of the molecule is Oc1c([C@H](c2ccccc2Cl)N2CCC3(CC2)OCCO3)sc2nc(-c3ccco3)nn12. The number of aromatic nitrogens is 3. The zero-order chi connectivity index (χ0) is 21.7. The number of rotatable bonds is 4. The van der Waals surface area contributed by atoms with Crippen LogP contribution in [0.5, 0.6) is 5.88 Å². The van der Waals surface area contributed by atoms with E-state index in [1.165, 1.54) is 15.9 Å². The lowest BCUT2D eigenvalue weighted by molar-refractivity contribution is -0.187. The molecular formula is C22H21ClN4O4S. The van der Waals surface area contributed by atoms with Crippen LogP contribution in [0.4, 0.5) is 0 Å². The minimum Gasteiger partial charge on any atom is -0.492 e. The number of fused-ring (bicyclic) bond motifs is 1. The van der Waals surface area contributed by atoms with Crippen molar-refractivity contribution in [1.29, 1.82) is 0 Å². The van der Waals surface area contributed by atoms with E-state index in [-0.39, 0.29) is 11.9 Å². The van der Waals surface area contributed by atoms with Crippen molar-refractivity contribution >= 4 is 27.9 Å². The first kappa shape index (κ1) is 20.2. The summed E-state index contributed by atoms with van der Waals surface area (Å²) in [5.74, 6) is 0.580. The molecule has 0 saturated carbocycles. The van der Waals surface area contributed by atoms with Crippen molar-refractivity contribution in [1.82, 2.24) is 19.5 Å². The summed E-state index contributed by atoms with van der Waals surface area (Å²) in [6.45, 7) is 2.78. The van der Waals surface area contributed by atoms with Crippen LogP contribution in [-0.2, 0) is 9.47 Å². The Morgan fingerprint density at radius 1 is 1.09 bits per heavy atom. The van der Waals surface area contributed by atoms with Gasteiger partial charge in [-0.2, -0.15) is 9.50 Å². The fourth-order valence-corrected chi connectivity index (χ4v) is 5.89. The van der Waals surface area contributed by atoms with Gasteiger partial charge in [-0.05, 0) is 23.8 Å². The van der Waals surface area contributed by atoms with Crippen molar-refractivity contribution < 1.29 is 19.0 Å². The molecule has 2 aliphatic rings. The Bertz CT molecular complexity index is 1240. The lowest BCUT2D eigenvalue weighted by Gasteiger charge is -2.41. The molecule has 1 atom stereocenters. The highest BCUT2D eigenvalue weighted by atomic mass is 35.5. The molecule has 1 N–H and O–H groups in total. The van der Waals surface area contributed by atoms with E-state index in [0.29, 0.717) is 34.8 Å². The first-order valence-corrected chi connectivity index (χ1v) is 11.7. The van der Waals surface area contributed by atoms with Crippen molar-refractivity contribution in [3.63, 3.8) is 0 Å². The summed E-state index contributed by atoms with van der Waals surface area (Å²) in [6, 6.07) is 11.1. The Kier molecular flexibility index (Phi) is 4.96. The van der Waals surface area contributed by atoms with Crippen LogP contribution in [0.3, 0.4) is 0 Å². The van der Waals surface area contributed by atoms with Gasteiger partial charge in [0.15, 0.2) is 11.5 Å². The molecule has 2 aliphatic heterocycles. The molecule has 10 heteroatoms. The summed E-state index contributed by atoms with van der Waals surface area (Å²) >= 11 is 8.03. The summed E-state index contributed by atoms with van der Waals surface area (Å²) < 4.78 is 18.7. The van der Waals surface area contributed by atoms with Gasteiger partial charge in [0.25, 0.3) is 0 Å². The summed E-state index contributed by atoms with van der Waals surface area (Å²) in [4.78, 5) is 8.23. The number of halogens is 1. The molecule has 3 aromatic heterocycles. The van der Waals surface area contributed by atoms with Gasteiger partial charge in [-0.3, -0.25) is 4.90 Å². The Morgan fingerprint density at radius 2 is 1.88 bits per heavy atom. The maximum Gasteiger partial charge on any atom is 0.230 e. The Hall–Kier alpha value is -2.43. The van der Waals surface area contributed by atoms with Crippen LogP contribution < -0.4 is 0 Å². The zero-order valence-corrected chi connectivity index (χ0v) is 18.7. The van der Waals surface area contributed by atoms with E-state index in [1.807, 2.05) is 24.3 Å². The van der Waals surface area contributed by atoms with E-state index in [9.17, 15) is 5.11 Å². The molecule has 2 fully saturated rings. The smallest absolute Gasteiger partial charge is 0.230 e. The largest absolute Gasteiger partial charge is 0.492 e. The van der Waals surface area contributed by atoms with Crippen LogP contribution in [0.15, 0.2) is 47.1 Å². The molecule has 6 rings (SSSR count). The number of benzene rings is 1. The van der Waals surface area contributed by atoms with Crippen LogP contribution in [0, 0.1) is 0 Å². The number of furan rings is 1. The maximum absolute atomic E-state index is 11.2. The van der Waals surface area contributed by atoms with Crippen molar-refractivity contribution in [3.05, 3.63) is 58.1 Å². The predicted molar refractivity (Wildman–Crippen MR) is 119 cm³/mol. The van der Waals surface area contributed by atoms with Gasteiger partial charge in [0, 0.05) is 31.0 Å². The third-order valence-electron chi connectivity index (χ3n) is 6.13. The Morgan fingerprint density at radius 3 is 2.56 bits per heavy atom. The molecule has 0 aliphatic carbocycles. The molecule has 0 amide bonds. The number of piperidine rings is 1. The first-order chi connectivity index (χ1) is 15.6. The first-order valence-electron chi connectivity index (χ1n) is 10.5. The minimum absolute atomic E-state index is 0.0638. The summed E-state index contributed by atoms with van der Waals surface area (Å²) in [5.41, 5.74) is 0.935. The highest BCUT2D eigenvalue weighted by molar-refractivity contribution is 7.17. The quantitative estimate of drug-likeness (QED) is 0.473. The Balaban J connectivity index is 1.39. The number of nitrogens with zero attached hydrogens (tertiary/aromatic N) is 4. The summed E-state index contributed by atoms with van der Waals surface area (Å²) in [5, 5.41) is 16.3. The number of thiazole rings is 1. The molecule has 0 bridgehead atoms. The Labute approximate surface area is 192 Å². The van der Waals surface area contributed by atoms with Crippen molar-refractivity contribution in [2.75, 3.05) is 26.3 Å². The molecule has 1 aromatic carbocycles. The van der Waals surface area contributed by atoms with Crippen molar-refractivity contribution in [2.24, 2.45) is 0 Å². The van der Waals surface area contributed by atoms with E-state index in [4.69, 9.17) is 25.5 Å². The van der Waals surface area contributed by atoms with Gasteiger partial charge in [0.05, 0.1) is 30.4 Å². The molecule has 4 aromatic rings. The summed E-state index contributed by atoms with van der Waals surface area (Å²) in [6.07, 6.45) is 3.10. The molecule has 5 heterocycles. The van der Waals surface area contributed by atoms with Crippen molar-refractivity contribution in [2.45, 2.75) is 24.7 Å². The monoisotopic (exact) mass is 472 g/mol. The standard InChI is InChI=1S/C22H21ClN4O4S/c23-15-5-2-1-4-14(15)17(26-9-7-22(8-10-26)30-12-13-31-22)18-20(28)27-21(32-18)24-19(25-27)16-6-3-11-29-16/h1-6,11,17,28H,7-10,12-13H2/t17-/m0/s1. The van der Waals surface area contributed by atoms with Crippen molar-refractivity contribution in [3.8, 4) is 17.5 Å². The third kappa shape index (κ3) is 3.32. The van der Waals surface area contributed by atoms with Crippen LogP contribution in [0.25, 0.3) is 16.5 Å². The molecule has 0 radical (unpaired) electrons. The van der Waals surface area contributed by atoms with Gasteiger partial charge in [-0.1, -0.05) is 41.1 Å². The van der Waals surface area contributed by atoms with Crippen LogP contribution in [0.2, 0.25) is 5.02 Å². The number of hydrogen-bond acceptors (Lipinski definition) is 8. The number of hydrogen-bond donors (Lipinski definition) is 1. The number of aromatic hydroxyl groups is 1. The van der Waals surface area contributed by atoms with Gasteiger partial charge in [0.1, 0.15) is 0 Å². The van der Waals surface area contributed by atoms with E-state index in [0.717, 1.165) is 36.4 Å². The van der Waals surface area contributed by atoms with Gasteiger partial charge in [-0.25, -0.2) is 0 Å². The average Bonchev–Trinajstić information content (AvgIpc) is 3.59. The number of ether oxygens (including phenoxy) is 2. The second-order valence-corrected chi connectivity index (χ2v) is 9.38. The molecule has 1 spiro atoms. The molecule has 2 saturated heterocycles. The predicted octanol–water partition coefficient (Wildman–Crippen LogP) is 4.34. The second kappa shape index (κ2) is 7.86. The fourth-order valence-electron chi connectivity index (χ4n) is 4.55.